The van der Waals surface area contributed by atoms with Gasteiger partial charge in [0.2, 0.25) is 0 Å². The number of aliphatic hydroxyl groups is 1. The average molecular weight is 322 g/mol. The quantitative estimate of drug-likeness (QED) is 0.908. The van der Waals surface area contributed by atoms with E-state index < -0.39 is 6.10 Å². The fraction of sp³-hybridized carbons (Fsp3) is 0.267. The highest BCUT2D eigenvalue weighted by atomic mass is 79.9. The summed E-state index contributed by atoms with van der Waals surface area (Å²) in [4.78, 5) is 4.21. The Balaban J connectivity index is 2.17. The smallest absolute Gasteiger partial charge is 0.145 e. The van der Waals surface area contributed by atoms with Gasteiger partial charge in [0.05, 0.1) is 18.0 Å². The second kappa shape index (κ2) is 6.17. The Morgan fingerprint density at radius 1 is 1.32 bits per heavy atom. The predicted octanol–water partition coefficient (Wildman–Crippen LogP) is 4.39. The number of halogens is 1. The highest BCUT2D eigenvalue weighted by Gasteiger charge is 2.07. The number of pyridine rings is 1. The first-order chi connectivity index (χ1) is 9.10. The summed E-state index contributed by atoms with van der Waals surface area (Å²) in [5.74, 6) is 1.45. The van der Waals surface area contributed by atoms with Crippen molar-refractivity contribution < 1.29 is 9.84 Å². The van der Waals surface area contributed by atoms with E-state index in [2.05, 4.69) is 20.9 Å². The zero-order valence-corrected chi connectivity index (χ0v) is 12.5. The molecule has 1 heterocycles. The van der Waals surface area contributed by atoms with E-state index in [4.69, 9.17) is 4.74 Å². The Hall–Kier alpha value is -1.39. The third-order valence-corrected chi connectivity index (χ3v) is 3.36. The van der Waals surface area contributed by atoms with E-state index in [0.717, 1.165) is 15.8 Å². The summed E-state index contributed by atoms with van der Waals surface area (Å²) in [5.41, 5.74) is 1.72. The first kappa shape index (κ1) is 14.0. The van der Waals surface area contributed by atoms with Crippen LogP contribution in [0.4, 0.5) is 0 Å². The zero-order chi connectivity index (χ0) is 13.8. The molecule has 0 unspecified atom stereocenters. The average Bonchev–Trinajstić information content (AvgIpc) is 2.43. The van der Waals surface area contributed by atoms with Gasteiger partial charge in [-0.2, -0.15) is 0 Å². The molecule has 0 amide bonds. The van der Waals surface area contributed by atoms with Crippen LogP contribution < -0.4 is 4.74 Å². The minimum atomic E-state index is -0.512. The van der Waals surface area contributed by atoms with Crippen molar-refractivity contribution in [3.63, 3.8) is 0 Å². The van der Waals surface area contributed by atoms with Crippen LogP contribution in [0.15, 0.2) is 41.0 Å². The van der Waals surface area contributed by atoms with Gasteiger partial charge in [-0.05, 0) is 43.2 Å². The van der Waals surface area contributed by atoms with Crippen LogP contribution in [0.1, 0.15) is 30.7 Å². The molecule has 2 rings (SSSR count). The Labute approximate surface area is 121 Å². The van der Waals surface area contributed by atoms with E-state index in [1.165, 1.54) is 0 Å². The molecule has 19 heavy (non-hydrogen) atoms. The summed E-state index contributed by atoms with van der Waals surface area (Å²) in [6.45, 7) is 3.91. The molecule has 1 N–H and O–H groups in total. The van der Waals surface area contributed by atoms with Crippen molar-refractivity contribution in [1.82, 2.24) is 4.98 Å². The molecule has 1 aromatic carbocycles. The molecule has 1 atom stereocenters. The van der Waals surface area contributed by atoms with Crippen molar-refractivity contribution in [1.29, 1.82) is 0 Å². The number of hydrogen-bond acceptors (Lipinski definition) is 3. The highest BCUT2D eigenvalue weighted by Crippen LogP contribution is 2.28. The standard InChI is InChI=1S/C15H16BrNO2/c1-3-14(18)13-7-6-12(9-17-13)19-15-8-11(16)5-4-10(15)2/h4-9,14,18H,3H2,1-2H3/t14-/m0/s1. The lowest BCUT2D eigenvalue weighted by molar-refractivity contribution is 0.169. The second-order valence-electron chi connectivity index (χ2n) is 4.35. The predicted molar refractivity (Wildman–Crippen MR) is 78.4 cm³/mol. The van der Waals surface area contributed by atoms with Gasteiger partial charge in [0.15, 0.2) is 0 Å². The van der Waals surface area contributed by atoms with E-state index in [-0.39, 0.29) is 0 Å². The second-order valence-corrected chi connectivity index (χ2v) is 5.27. The van der Waals surface area contributed by atoms with Crippen LogP contribution in [0, 0.1) is 6.92 Å². The largest absolute Gasteiger partial charge is 0.455 e. The summed E-state index contributed by atoms with van der Waals surface area (Å²) in [5, 5.41) is 9.68. The lowest BCUT2D eigenvalue weighted by Gasteiger charge is -2.10. The van der Waals surface area contributed by atoms with Crippen LogP contribution in [-0.4, -0.2) is 10.1 Å². The van der Waals surface area contributed by atoms with Crippen molar-refractivity contribution in [2.24, 2.45) is 0 Å². The molecule has 100 valence electrons. The third kappa shape index (κ3) is 3.55. The first-order valence-electron chi connectivity index (χ1n) is 6.18. The van der Waals surface area contributed by atoms with E-state index in [9.17, 15) is 5.11 Å². The molecule has 0 bridgehead atoms. The van der Waals surface area contributed by atoms with Gasteiger partial charge in [-0.3, -0.25) is 4.98 Å². The lowest BCUT2D eigenvalue weighted by atomic mass is 10.2. The summed E-state index contributed by atoms with van der Waals surface area (Å²) in [7, 11) is 0. The van der Waals surface area contributed by atoms with Crippen molar-refractivity contribution in [3.05, 3.63) is 52.3 Å². The van der Waals surface area contributed by atoms with Gasteiger partial charge in [-0.1, -0.05) is 28.9 Å². The molecule has 0 aliphatic carbocycles. The van der Waals surface area contributed by atoms with Crippen molar-refractivity contribution >= 4 is 15.9 Å². The number of ether oxygens (including phenoxy) is 1. The van der Waals surface area contributed by atoms with E-state index in [1.807, 2.05) is 38.1 Å². The molecule has 1 aromatic heterocycles. The Kier molecular flexibility index (Phi) is 4.56. The molecule has 0 spiro atoms. The lowest BCUT2D eigenvalue weighted by Crippen LogP contribution is -1.98. The third-order valence-electron chi connectivity index (χ3n) is 2.87. The van der Waals surface area contributed by atoms with Crippen LogP contribution in [0.3, 0.4) is 0 Å². The van der Waals surface area contributed by atoms with E-state index in [0.29, 0.717) is 17.9 Å². The summed E-state index contributed by atoms with van der Waals surface area (Å²) >= 11 is 3.42. The van der Waals surface area contributed by atoms with Gasteiger partial charge in [-0.25, -0.2) is 0 Å². The van der Waals surface area contributed by atoms with Gasteiger partial charge in [0.1, 0.15) is 11.5 Å². The molecule has 0 radical (unpaired) electrons. The molecule has 3 nitrogen and oxygen atoms in total. The molecule has 0 fully saturated rings. The van der Waals surface area contributed by atoms with Gasteiger partial charge in [-0.15, -0.1) is 0 Å². The maximum absolute atomic E-state index is 9.68. The summed E-state index contributed by atoms with van der Waals surface area (Å²) < 4.78 is 6.76. The Morgan fingerprint density at radius 2 is 2.11 bits per heavy atom. The maximum Gasteiger partial charge on any atom is 0.145 e. The van der Waals surface area contributed by atoms with Crippen molar-refractivity contribution in [2.75, 3.05) is 0 Å². The monoisotopic (exact) mass is 321 g/mol. The molecule has 0 aliphatic rings. The topological polar surface area (TPSA) is 42.4 Å². The Bertz CT molecular complexity index is 555. The Morgan fingerprint density at radius 3 is 2.74 bits per heavy atom. The fourth-order valence-electron chi connectivity index (χ4n) is 1.67. The zero-order valence-electron chi connectivity index (χ0n) is 10.9. The van der Waals surface area contributed by atoms with Gasteiger partial charge in [0, 0.05) is 4.47 Å². The highest BCUT2D eigenvalue weighted by molar-refractivity contribution is 9.10. The number of hydrogen-bond donors (Lipinski definition) is 1. The minimum absolute atomic E-state index is 0.512. The molecule has 0 saturated carbocycles. The number of aliphatic hydroxyl groups excluding tert-OH is 1. The minimum Gasteiger partial charge on any atom is -0.455 e. The maximum atomic E-state index is 9.68. The van der Waals surface area contributed by atoms with E-state index in [1.54, 1.807) is 12.3 Å². The fourth-order valence-corrected chi connectivity index (χ4v) is 2.01. The first-order valence-corrected chi connectivity index (χ1v) is 6.97. The number of rotatable bonds is 4. The van der Waals surface area contributed by atoms with Crippen LogP contribution in [0.25, 0.3) is 0 Å². The number of benzene rings is 1. The summed E-state index contributed by atoms with van der Waals surface area (Å²) in [6, 6.07) is 9.49. The molecule has 0 aliphatic heterocycles. The number of aromatic nitrogens is 1. The van der Waals surface area contributed by atoms with Gasteiger partial charge < -0.3 is 9.84 Å². The van der Waals surface area contributed by atoms with Crippen molar-refractivity contribution in [3.8, 4) is 11.5 Å². The summed E-state index contributed by atoms with van der Waals surface area (Å²) in [6.07, 6.45) is 1.77. The van der Waals surface area contributed by atoms with Crippen LogP contribution in [0.2, 0.25) is 0 Å². The van der Waals surface area contributed by atoms with Crippen LogP contribution >= 0.6 is 15.9 Å². The SMILES string of the molecule is CC[C@H](O)c1ccc(Oc2cc(Br)ccc2C)cn1. The molecular weight excluding hydrogens is 306 g/mol. The van der Waals surface area contributed by atoms with Crippen LogP contribution in [-0.2, 0) is 0 Å². The van der Waals surface area contributed by atoms with Crippen molar-refractivity contribution in [2.45, 2.75) is 26.4 Å². The van der Waals surface area contributed by atoms with Gasteiger partial charge in [0.25, 0.3) is 0 Å². The normalized spacial score (nSPS) is 12.2. The molecule has 0 saturated heterocycles. The molecular formula is C15H16BrNO2. The molecule has 4 heteroatoms. The number of aryl methyl sites for hydroxylation is 1. The van der Waals surface area contributed by atoms with Crippen LogP contribution in [0.5, 0.6) is 11.5 Å². The molecule has 2 aromatic rings. The van der Waals surface area contributed by atoms with Gasteiger partial charge >= 0.3 is 0 Å². The number of nitrogens with zero attached hydrogens (tertiary/aromatic N) is 1. The van der Waals surface area contributed by atoms with E-state index >= 15 is 0 Å².